The van der Waals surface area contributed by atoms with Gasteiger partial charge in [-0.25, -0.2) is 0 Å². The number of nitrogens with zero attached hydrogens (tertiary/aromatic N) is 2. The van der Waals surface area contributed by atoms with E-state index in [-0.39, 0.29) is 5.54 Å². The maximum absolute atomic E-state index is 5.58. The first-order chi connectivity index (χ1) is 9.78. The summed E-state index contributed by atoms with van der Waals surface area (Å²) in [5, 5.41) is 7.81. The first-order valence-electron chi connectivity index (χ1n) is 8.37. The van der Waals surface area contributed by atoms with Crippen LogP contribution in [0.5, 0.6) is 0 Å². The molecule has 1 saturated heterocycles. The Morgan fingerprint density at radius 2 is 1.75 bits per heavy atom. The van der Waals surface area contributed by atoms with E-state index >= 15 is 0 Å². The summed E-state index contributed by atoms with van der Waals surface area (Å²) in [6.07, 6.45) is 12.9. The first kappa shape index (κ1) is 14.1. The summed E-state index contributed by atoms with van der Waals surface area (Å²) in [5.74, 6) is 2.26. The van der Waals surface area contributed by atoms with Crippen molar-refractivity contribution in [1.29, 1.82) is 0 Å². The second-order valence-electron chi connectivity index (χ2n) is 6.72. The molecule has 0 radical (unpaired) electrons. The Labute approximate surface area is 121 Å². The minimum absolute atomic E-state index is 0.0935. The normalized spacial score (nSPS) is 29.9. The fraction of sp³-hybridized carbons (Fsp3) is 0.875. The molecule has 1 aromatic rings. The van der Waals surface area contributed by atoms with Gasteiger partial charge < -0.3 is 9.84 Å². The molecule has 2 fully saturated rings. The molecule has 1 aliphatic heterocycles. The van der Waals surface area contributed by atoms with E-state index in [1.54, 1.807) is 0 Å². The van der Waals surface area contributed by atoms with Gasteiger partial charge in [-0.2, -0.15) is 4.98 Å². The molecule has 0 aromatic carbocycles. The summed E-state index contributed by atoms with van der Waals surface area (Å²) in [4.78, 5) is 4.75. The smallest absolute Gasteiger partial charge is 0.246 e. The zero-order chi connectivity index (χ0) is 13.8. The Morgan fingerprint density at radius 3 is 2.40 bits per heavy atom. The van der Waals surface area contributed by atoms with E-state index in [9.17, 15) is 0 Å². The van der Waals surface area contributed by atoms with Crippen molar-refractivity contribution in [2.24, 2.45) is 0 Å². The van der Waals surface area contributed by atoms with Gasteiger partial charge in [0.15, 0.2) is 5.82 Å². The fourth-order valence-electron chi connectivity index (χ4n) is 3.59. The summed E-state index contributed by atoms with van der Waals surface area (Å²) in [5.41, 5.74) is -0.0935. The highest BCUT2D eigenvalue weighted by Gasteiger charge is 2.36. The highest BCUT2D eigenvalue weighted by molar-refractivity contribution is 5.06. The molecule has 1 aliphatic carbocycles. The average molecular weight is 277 g/mol. The fourth-order valence-corrected chi connectivity index (χ4v) is 3.59. The molecule has 1 N–H and O–H groups in total. The second-order valence-corrected chi connectivity index (χ2v) is 6.72. The molecule has 3 rings (SSSR count). The highest BCUT2D eigenvalue weighted by Crippen LogP contribution is 2.32. The van der Waals surface area contributed by atoms with Crippen LogP contribution in [0.4, 0.5) is 0 Å². The molecular formula is C16H27N3O. The number of hydrogen-bond acceptors (Lipinski definition) is 4. The van der Waals surface area contributed by atoms with Gasteiger partial charge in [-0.3, -0.25) is 0 Å². The van der Waals surface area contributed by atoms with Crippen LogP contribution in [0.15, 0.2) is 4.52 Å². The number of nitrogens with one attached hydrogen (secondary N) is 1. The lowest BCUT2D eigenvalue weighted by Gasteiger charge is -2.18. The molecule has 0 spiro atoms. The first-order valence-corrected chi connectivity index (χ1v) is 8.37. The lowest BCUT2D eigenvalue weighted by Crippen LogP contribution is -2.33. The van der Waals surface area contributed by atoms with Crippen LogP contribution in [0.1, 0.15) is 88.8 Å². The van der Waals surface area contributed by atoms with Gasteiger partial charge in [-0.15, -0.1) is 0 Å². The average Bonchev–Trinajstić information content (AvgIpc) is 3.09. The minimum Gasteiger partial charge on any atom is -0.337 e. The summed E-state index contributed by atoms with van der Waals surface area (Å²) >= 11 is 0. The van der Waals surface area contributed by atoms with Crippen LogP contribution in [0, 0.1) is 0 Å². The van der Waals surface area contributed by atoms with E-state index in [1.165, 1.54) is 57.8 Å². The Hall–Kier alpha value is -0.900. The lowest BCUT2D eigenvalue weighted by molar-refractivity contribution is 0.273. The van der Waals surface area contributed by atoms with Crippen molar-refractivity contribution in [2.45, 2.75) is 82.6 Å². The molecule has 1 saturated carbocycles. The van der Waals surface area contributed by atoms with Crippen molar-refractivity contribution < 1.29 is 4.52 Å². The van der Waals surface area contributed by atoms with Crippen LogP contribution >= 0.6 is 0 Å². The lowest BCUT2D eigenvalue weighted by atomic mass is 9.96. The third-order valence-corrected chi connectivity index (χ3v) is 5.00. The third-order valence-electron chi connectivity index (χ3n) is 5.00. The van der Waals surface area contributed by atoms with E-state index in [4.69, 9.17) is 9.51 Å². The maximum Gasteiger partial charge on any atom is 0.246 e. The van der Waals surface area contributed by atoms with Gasteiger partial charge in [0, 0.05) is 5.92 Å². The molecule has 0 bridgehead atoms. The Morgan fingerprint density at radius 1 is 1.05 bits per heavy atom. The molecule has 20 heavy (non-hydrogen) atoms. The van der Waals surface area contributed by atoms with Crippen LogP contribution in [0.25, 0.3) is 0 Å². The molecule has 2 heterocycles. The Bertz CT molecular complexity index is 413. The van der Waals surface area contributed by atoms with Gasteiger partial charge in [0.25, 0.3) is 0 Å². The standard InChI is InChI=1S/C16H27N3O/c1-16(11-8-12-17-16)15-18-14(19-20-15)13-9-6-4-2-3-5-7-10-13/h13,17H,2-12H2,1H3/t16-/m0/s1. The monoisotopic (exact) mass is 277 g/mol. The summed E-state index contributed by atoms with van der Waals surface area (Å²) in [7, 11) is 0. The molecule has 2 aliphatic rings. The van der Waals surface area contributed by atoms with Crippen LogP contribution in [-0.2, 0) is 5.54 Å². The van der Waals surface area contributed by atoms with E-state index in [0.29, 0.717) is 5.92 Å². The quantitative estimate of drug-likeness (QED) is 0.891. The van der Waals surface area contributed by atoms with Crippen LogP contribution < -0.4 is 5.32 Å². The second kappa shape index (κ2) is 6.25. The van der Waals surface area contributed by atoms with Crippen molar-refractivity contribution in [3.8, 4) is 0 Å². The van der Waals surface area contributed by atoms with Crippen LogP contribution in [0.2, 0.25) is 0 Å². The Balaban J connectivity index is 1.71. The SMILES string of the molecule is C[C@@]1(c2nc(C3CCCCCCCC3)no2)CCCN1. The van der Waals surface area contributed by atoms with Crippen molar-refractivity contribution in [3.05, 3.63) is 11.7 Å². The third kappa shape index (κ3) is 3.05. The van der Waals surface area contributed by atoms with E-state index in [2.05, 4.69) is 17.4 Å². The topological polar surface area (TPSA) is 51.0 Å². The van der Waals surface area contributed by atoms with Gasteiger partial charge in [-0.05, 0) is 39.2 Å². The molecule has 0 unspecified atom stereocenters. The van der Waals surface area contributed by atoms with Gasteiger partial charge in [0.05, 0.1) is 5.54 Å². The molecule has 0 amide bonds. The van der Waals surface area contributed by atoms with Crippen LogP contribution in [-0.4, -0.2) is 16.7 Å². The van der Waals surface area contributed by atoms with E-state index in [0.717, 1.165) is 24.7 Å². The Kier molecular flexibility index (Phi) is 4.39. The number of hydrogen-bond donors (Lipinski definition) is 1. The molecular weight excluding hydrogens is 250 g/mol. The highest BCUT2D eigenvalue weighted by atomic mass is 16.5. The zero-order valence-corrected chi connectivity index (χ0v) is 12.7. The number of aromatic nitrogens is 2. The largest absolute Gasteiger partial charge is 0.337 e. The minimum atomic E-state index is -0.0935. The van der Waals surface area contributed by atoms with Gasteiger partial charge in [-0.1, -0.05) is 43.7 Å². The molecule has 1 atom stereocenters. The molecule has 4 nitrogen and oxygen atoms in total. The van der Waals surface area contributed by atoms with Gasteiger partial charge in [0.2, 0.25) is 5.89 Å². The van der Waals surface area contributed by atoms with E-state index < -0.39 is 0 Å². The van der Waals surface area contributed by atoms with Gasteiger partial charge in [0.1, 0.15) is 0 Å². The zero-order valence-electron chi connectivity index (χ0n) is 12.7. The van der Waals surface area contributed by atoms with Crippen LogP contribution in [0.3, 0.4) is 0 Å². The van der Waals surface area contributed by atoms with E-state index in [1.807, 2.05) is 0 Å². The van der Waals surface area contributed by atoms with Crippen molar-refractivity contribution >= 4 is 0 Å². The summed E-state index contributed by atoms with van der Waals surface area (Å²) in [6, 6.07) is 0. The van der Waals surface area contributed by atoms with Crippen molar-refractivity contribution in [2.75, 3.05) is 6.54 Å². The molecule has 1 aromatic heterocycles. The maximum atomic E-state index is 5.58. The predicted molar refractivity (Wildman–Crippen MR) is 78.6 cm³/mol. The molecule has 4 heteroatoms. The van der Waals surface area contributed by atoms with Crippen molar-refractivity contribution in [1.82, 2.24) is 15.5 Å². The predicted octanol–water partition coefficient (Wildman–Crippen LogP) is 3.89. The van der Waals surface area contributed by atoms with Crippen molar-refractivity contribution in [3.63, 3.8) is 0 Å². The summed E-state index contributed by atoms with van der Waals surface area (Å²) < 4.78 is 5.58. The molecule has 112 valence electrons. The number of rotatable bonds is 2. The summed E-state index contributed by atoms with van der Waals surface area (Å²) in [6.45, 7) is 3.23. The van der Waals surface area contributed by atoms with Gasteiger partial charge >= 0.3 is 0 Å².